The van der Waals surface area contributed by atoms with Crippen molar-refractivity contribution >= 4 is 18.1 Å². The standard InChI is InChI=1S/C18H20FN5O2/c19-15-3-1-14(2-4-15)5-6-20-17-11-16(21-12-22-17)18(26)24-9-7-23(13-25)8-10-24/h1-4,11-13H,5-10H2,(H,20,21,22). The number of hydrogen-bond acceptors (Lipinski definition) is 5. The Hall–Kier alpha value is -3.03. The van der Waals surface area contributed by atoms with E-state index in [1.807, 2.05) is 0 Å². The van der Waals surface area contributed by atoms with Crippen LogP contribution in [0.2, 0.25) is 0 Å². The molecule has 1 aromatic carbocycles. The van der Waals surface area contributed by atoms with E-state index in [0.717, 1.165) is 12.0 Å². The van der Waals surface area contributed by atoms with Gasteiger partial charge >= 0.3 is 0 Å². The van der Waals surface area contributed by atoms with Gasteiger partial charge in [0.2, 0.25) is 6.41 Å². The quantitative estimate of drug-likeness (QED) is 0.786. The zero-order valence-corrected chi connectivity index (χ0v) is 14.3. The van der Waals surface area contributed by atoms with Gasteiger partial charge in [-0.2, -0.15) is 0 Å². The fraction of sp³-hybridized carbons (Fsp3) is 0.333. The topological polar surface area (TPSA) is 78.4 Å². The van der Waals surface area contributed by atoms with Crippen LogP contribution in [0.3, 0.4) is 0 Å². The van der Waals surface area contributed by atoms with Crippen LogP contribution in [0.4, 0.5) is 10.2 Å². The van der Waals surface area contributed by atoms with Gasteiger partial charge in [-0.25, -0.2) is 14.4 Å². The number of rotatable bonds is 6. The highest BCUT2D eigenvalue weighted by molar-refractivity contribution is 5.93. The SMILES string of the molecule is O=CN1CCN(C(=O)c2cc(NCCc3ccc(F)cc3)ncn2)CC1. The van der Waals surface area contributed by atoms with Crippen LogP contribution in [0.15, 0.2) is 36.7 Å². The zero-order chi connectivity index (χ0) is 18.4. The summed E-state index contributed by atoms with van der Waals surface area (Å²) in [6.45, 7) is 2.66. The van der Waals surface area contributed by atoms with Gasteiger partial charge in [-0.15, -0.1) is 0 Å². The number of carbonyl (C=O) groups is 2. The molecular weight excluding hydrogens is 337 g/mol. The summed E-state index contributed by atoms with van der Waals surface area (Å²) in [5, 5.41) is 3.15. The van der Waals surface area contributed by atoms with Crippen LogP contribution < -0.4 is 5.32 Å². The van der Waals surface area contributed by atoms with Crippen molar-refractivity contribution in [3.05, 3.63) is 53.7 Å². The fourth-order valence-corrected chi connectivity index (χ4v) is 2.75. The minimum Gasteiger partial charge on any atom is -0.370 e. The fourth-order valence-electron chi connectivity index (χ4n) is 2.75. The van der Waals surface area contributed by atoms with E-state index in [0.29, 0.717) is 50.7 Å². The maximum Gasteiger partial charge on any atom is 0.272 e. The maximum absolute atomic E-state index is 12.9. The average Bonchev–Trinajstić information content (AvgIpc) is 2.69. The summed E-state index contributed by atoms with van der Waals surface area (Å²) in [6, 6.07) is 7.97. The Morgan fingerprint density at radius 2 is 1.88 bits per heavy atom. The molecule has 1 aliphatic rings. The van der Waals surface area contributed by atoms with Gasteiger partial charge in [-0.3, -0.25) is 9.59 Å². The van der Waals surface area contributed by atoms with E-state index in [9.17, 15) is 14.0 Å². The van der Waals surface area contributed by atoms with E-state index in [2.05, 4.69) is 15.3 Å². The third kappa shape index (κ3) is 4.53. The maximum atomic E-state index is 12.9. The first kappa shape index (κ1) is 17.8. The summed E-state index contributed by atoms with van der Waals surface area (Å²) in [5.41, 5.74) is 1.33. The molecule has 0 spiro atoms. The molecule has 0 aliphatic carbocycles. The van der Waals surface area contributed by atoms with Gasteiger partial charge in [0.15, 0.2) is 0 Å². The summed E-state index contributed by atoms with van der Waals surface area (Å²) in [5.74, 6) is 0.145. The van der Waals surface area contributed by atoms with Gasteiger partial charge in [-0.1, -0.05) is 12.1 Å². The van der Waals surface area contributed by atoms with Gasteiger partial charge < -0.3 is 15.1 Å². The molecule has 26 heavy (non-hydrogen) atoms. The molecule has 0 bridgehead atoms. The van der Waals surface area contributed by atoms with Crippen molar-refractivity contribution in [1.29, 1.82) is 0 Å². The molecule has 136 valence electrons. The average molecular weight is 357 g/mol. The molecule has 1 aliphatic heterocycles. The third-order valence-corrected chi connectivity index (χ3v) is 4.27. The Bertz CT molecular complexity index is 760. The van der Waals surface area contributed by atoms with Gasteiger partial charge in [0, 0.05) is 38.8 Å². The van der Waals surface area contributed by atoms with Crippen molar-refractivity contribution in [1.82, 2.24) is 19.8 Å². The molecule has 3 rings (SSSR count). The van der Waals surface area contributed by atoms with Crippen molar-refractivity contribution in [2.24, 2.45) is 0 Å². The first-order chi connectivity index (χ1) is 12.7. The molecule has 2 aromatic rings. The number of piperazine rings is 1. The number of halogens is 1. The van der Waals surface area contributed by atoms with E-state index < -0.39 is 0 Å². The van der Waals surface area contributed by atoms with E-state index in [1.165, 1.54) is 18.5 Å². The highest BCUT2D eigenvalue weighted by Crippen LogP contribution is 2.10. The van der Waals surface area contributed by atoms with Crippen LogP contribution in [0.1, 0.15) is 16.1 Å². The highest BCUT2D eigenvalue weighted by Gasteiger charge is 2.22. The van der Waals surface area contributed by atoms with Crippen LogP contribution in [0.5, 0.6) is 0 Å². The van der Waals surface area contributed by atoms with E-state index in [4.69, 9.17) is 0 Å². The molecule has 0 saturated carbocycles. The highest BCUT2D eigenvalue weighted by atomic mass is 19.1. The number of carbonyl (C=O) groups excluding carboxylic acids is 2. The van der Waals surface area contributed by atoms with Crippen LogP contribution in [0.25, 0.3) is 0 Å². The predicted octanol–water partition coefficient (Wildman–Crippen LogP) is 1.18. The number of benzene rings is 1. The lowest BCUT2D eigenvalue weighted by Crippen LogP contribution is -2.48. The molecule has 0 unspecified atom stereocenters. The largest absolute Gasteiger partial charge is 0.370 e. The second-order valence-corrected chi connectivity index (χ2v) is 6.03. The number of amides is 2. The predicted molar refractivity (Wildman–Crippen MR) is 94.2 cm³/mol. The summed E-state index contributed by atoms with van der Waals surface area (Å²) in [4.78, 5) is 34.8. The van der Waals surface area contributed by atoms with Crippen LogP contribution in [-0.2, 0) is 11.2 Å². The first-order valence-electron chi connectivity index (χ1n) is 8.44. The number of hydrogen-bond donors (Lipinski definition) is 1. The van der Waals surface area contributed by atoms with Crippen molar-refractivity contribution in [3.63, 3.8) is 0 Å². The zero-order valence-electron chi connectivity index (χ0n) is 14.3. The second-order valence-electron chi connectivity index (χ2n) is 6.03. The molecule has 7 nitrogen and oxygen atoms in total. The molecule has 0 radical (unpaired) electrons. The molecule has 1 fully saturated rings. The van der Waals surface area contributed by atoms with Crippen molar-refractivity contribution < 1.29 is 14.0 Å². The van der Waals surface area contributed by atoms with Crippen molar-refractivity contribution in [3.8, 4) is 0 Å². The number of nitrogens with one attached hydrogen (secondary N) is 1. The lowest BCUT2D eigenvalue weighted by Gasteiger charge is -2.32. The Kier molecular flexibility index (Phi) is 5.73. The summed E-state index contributed by atoms with van der Waals surface area (Å²) < 4.78 is 12.9. The minimum atomic E-state index is -0.255. The normalized spacial score (nSPS) is 14.2. The summed E-state index contributed by atoms with van der Waals surface area (Å²) >= 11 is 0. The van der Waals surface area contributed by atoms with Crippen molar-refractivity contribution in [2.75, 3.05) is 38.0 Å². The monoisotopic (exact) mass is 357 g/mol. The number of aromatic nitrogens is 2. The van der Waals surface area contributed by atoms with Gasteiger partial charge in [0.1, 0.15) is 23.7 Å². The van der Waals surface area contributed by atoms with E-state index in [-0.39, 0.29) is 11.7 Å². The molecular formula is C18H20FN5O2. The minimum absolute atomic E-state index is 0.167. The molecule has 8 heteroatoms. The number of anilines is 1. The summed E-state index contributed by atoms with van der Waals surface area (Å²) in [7, 11) is 0. The Balaban J connectivity index is 1.55. The van der Waals surface area contributed by atoms with E-state index in [1.54, 1.807) is 28.0 Å². The van der Waals surface area contributed by atoms with Crippen LogP contribution in [-0.4, -0.2) is 64.8 Å². The smallest absolute Gasteiger partial charge is 0.272 e. The molecule has 1 aromatic heterocycles. The van der Waals surface area contributed by atoms with Gasteiger partial charge in [0.05, 0.1) is 0 Å². The molecule has 1 saturated heterocycles. The lowest BCUT2D eigenvalue weighted by atomic mass is 10.1. The van der Waals surface area contributed by atoms with Crippen molar-refractivity contribution in [2.45, 2.75) is 6.42 Å². The third-order valence-electron chi connectivity index (χ3n) is 4.27. The van der Waals surface area contributed by atoms with E-state index >= 15 is 0 Å². The Morgan fingerprint density at radius 3 is 2.58 bits per heavy atom. The first-order valence-corrected chi connectivity index (χ1v) is 8.44. The van der Waals surface area contributed by atoms with Gasteiger partial charge in [-0.05, 0) is 24.1 Å². The Morgan fingerprint density at radius 1 is 1.15 bits per heavy atom. The molecule has 2 heterocycles. The molecule has 0 atom stereocenters. The lowest BCUT2D eigenvalue weighted by molar-refractivity contribution is -0.119. The number of nitrogens with zero attached hydrogens (tertiary/aromatic N) is 4. The molecule has 1 N–H and O–H groups in total. The second kappa shape index (κ2) is 8.37. The van der Waals surface area contributed by atoms with Crippen LogP contribution >= 0.6 is 0 Å². The Labute approximate surface area is 150 Å². The molecule has 2 amide bonds. The summed E-state index contributed by atoms with van der Waals surface area (Å²) in [6.07, 6.45) is 2.87. The van der Waals surface area contributed by atoms with Crippen LogP contribution in [0, 0.1) is 5.82 Å². The van der Waals surface area contributed by atoms with Gasteiger partial charge in [0.25, 0.3) is 5.91 Å².